The van der Waals surface area contributed by atoms with Crippen molar-refractivity contribution in [2.75, 3.05) is 5.88 Å². The summed E-state index contributed by atoms with van der Waals surface area (Å²) < 4.78 is 65.6. The van der Waals surface area contributed by atoms with E-state index in [1.54, 1.807) is 0 Å². The number of aromatic nitrogens is 2. The molecule has 2 nitrogen and oxygen atoms in total. The lowest BCUT2D eigenvalue weighted by atomic mass is 10.3. The Hall–Kier alpha value is -1.37. The topological polar surface area (TPSA) is 17.8 Å². The second-order valence-electron chi connectivity index (χ2n) is 4.22. The van der Waals surface area contributed by atoms with Crippen LogP contribution in [0.4, 0.5) is 22.0 Å². The smallest absolute Gasteiger partial charge is 0.322 e. The molecule has 1 heterocycles. The van der Waals surface area contributed by atoms with Crippen molar-refractivity contribution in [1.82, 2.24) is 9.55 Å². The van der Waals surface area contributed by atoms with Crippen molar-refractivity contribution < 1.29 is 22.0 Å². The summed E-state index contributed by atoms with van der Waals surface area (Å²) in [5.74, 6) is -4.80. The summed E-state index contributed by atoms with van der Waals surface area (Å²) in [5, 5.41) is 0. The zero-order chi connectivity index (χ0) is 14.9. The Morgan fingerprint density at radius 3 is 2.60 bits per heavy atom. The van der Waals surface area contributed by atoms with Crippen LogP contribution in [-0.2, 0) is 13.0 Å². The van der Waals surface area contributed by atoms with E-state index in [9.17, 15) is 22.0 Å². The van der Waals surface area contributed by atoms with E-state index in [1.807, 2.05) is 0 Å². The molecule has 0 unspecified atom stereocenters. The molecule has 0 radical (unpaired) electrons. The first-order valence-electron chi connectivity index (χ1n) is 5.72. The third-order valence-electron chi connectivity index (χ3n) is 2.81. The number of alkyl halides is 5. The van der Waals surface area contributed by atoms with Crippen molar-refractivity contribution in [2.24, 2.45) is 0 Å². The van der Waals surface area contributed by atoms with Crippen LogP contribution in [0.3, 0.4) is 0 Å². The van der Waals surface area contributed by atoms with Gasteiger partial charge in [-0.3, -0.25) is 0 Å². The van der Waals surface area contributed by atoms with Gasteiger partial charge in [0.25, 0.3) is 0 Å². The molecular weight excluding hydrogens is 303 g/mol. The quantitative estimate of drug-likeness (QED) is 0.605. The lowest BCUT2D eigenvalue weighted by molar-refractivity contribution is -0.137. The Morgan fingerprint density at radius 1 is 1.30 bits per heavy atom. The maximum Gasteiger partial charge on any atom is 0.324 e. The molecule has 0 N–H and O–H groups in total. The normalized spacial score (nSPS) is 12.6. The lowest BCUT2D eigenvalue weighted by Crippen LogP contribution is -2.32. The van der Waals surface area contributed by atoms with E-state index >= 15 is 0 Å². The van der Waals surface area contributed by atoms with E-state index in [-0.39, 0.29) is 29.2 Å². The zero-order valence-corrected chi connectivity index (χ0v) is 10.8. The average molecular weight is 313 g/mol. The summed E-state index contributed by atoms with van der Waals surface area (Å²) in [6, 6.07) is 3.78. The number of hydrogen-bond acceptors (Lipinski definition) is 1. The molecule has 110 valence electrons. The minimum absolute atomic E-state index is 0.0467. The zero-order valence-electron chi connectivity index (χ0n) is 10.1. The first-order chi connectivity index (χ1) is 9.36. The Bertz CT molecular complexity index is 611. The molecule has 8 heteroatoms. The van der Waals surface area contributed by atoms with Gasteiger partial charge in [-0.15, -0.1) is 11.6 Å². The monoisotopic (exact) mass is 312 g/mol. The Labute approximate surface area is 116 Å². The van der Waals surface area contributed by atoms with Gasteiger partial charge in [0.2, 0.25) is 0 Å². The van der Waals surface area contributed by atoms with Gasteiger partial charge in [0, 0.05) is 12.3 Å². The Balaban J connectivity index is 2.54. The standard InChI is InChI=1S/C12H10ClF5N2/c13-5-4-9-19-10-7(14)2-1-3-8(10)20(9)6-12(17,18)11(15)16/h1-3,11H,4-6H2. The van der Waals surface area contributed by atoms with Gasteiger partial charge in [-0.2, -0.15) is 8.78 Å². The molecule has 0 atom stereocenters. The molecular formula is C12H10ClF5N2. The number of fused-ring (bicyclic) bond motifs is 1. The van der Waals surface area contributed by atoms with E-state index in [4.69, 9.17) is 11.6 Å². The van der Waals surface area contributed by atoms with E-state index < -0.39 is 24.7 Å². The summed E-state index contributed by atoms with van der Waals surface area (Å²) in [4.78, 5) is 3.87. The predicted octanol–water partition coefficient (Wildman–Crippen LogP) is 3.86. The van der Waals surface area contributed by atoms with Crippen LogP contribution in [0.5, 0.6) is 0 Å². The summed E-state index contributed by atoms with van der Waals surface area (Å²) in [6.45, 7) is -1.27. The van der Waals surface area contributed by atoms with E-state index in [0.29, 0.717) is 0 Å². The van der Waals surface area contributed by atoms with Gasteiger partial charge in [0.05, 0.1) is 12.1 Å². The SMILES string of the molecule is Fc1cccc2c1nc(CCCl)n2CC(F)(F)C(F)F. The van der Waals surface area contributed by atoms with Crippen LogP contribution in [0, 0.1) is 5.82 Å². The fourth-order valence-corrected chi connectivity index (χ4v) is 2.06. The third kappa shape index (κ3) is 2.72. The molecule has 0 aliphatic rings. The number of imidazole rings is 1. The maximum absolute atomic E-state index is 13.6. The van der Waals surface area contributed by atoms with Crippen LogP contribution in [0.1, 0.15) is 5.82 Å². The Morgan fingerprint density at radius 2 is 2.00 bits per heavy atom. The van der Waals surface area contributed by atoms with Crippen molar-refractivity contribution in [3.63, 3.8) is 0 Å². The number of para-hydroxylation sites is 1. The van der Waals surface area contributed by atoms with Crippen molar-refractivity contribution in [1.29, 1.82) is 0 Å². The van der Waals surface area contributed by atoms with Crippen molar-refractivity contribution in [2.45, 2.75) is 25.3 Å². The highest BCUT2D eigenvalue weighted by Crippen LogP contribution is 2.28. The fraction of sp³-hybridized carbons (Fsp3) is 0.417. The van der Waals surface area contributed by atoms with Gasteiger partial charge in [-0.05, 0) is 12.1 Å². The molecule has 20 heavy (non-hydrogen) atoms. The first kappa shape index (κ1) is 15.0. The molecule has 0 saturated heterocycles. The molecule has 0 spiro atoms. The Kier molecular flexibility index (Phi) is 4.17. The minimum Gasteiger partial charge on any atom is -0.322 e. The predicted molar refractivity (Wildman–Crippen MR) is 65.1 cm³/mol. The fourth-order valence-electron chi connectivity index (χ4n) is 1.89. The van der Waals surface area contributed by atoms with Crippen molar-refractivity contribution >= 4 is 22.6 Å². The van der Waals surface area contributed by atoms with Crippen molar-refractivity contribution in [3.05, 3.63) is 29.8 Å². The second-order valence-corrected chi connectivity index (χ2v) is 4.60. The molecule has 0 aliphatic heterocycles. The van der Waals surface area contributed by atoms with Gasteiger partial charge >= 0.3 is 12.3 Å². The average Bonchev–Trinajstić information content (AvgIpc) is 2.69. The highest BCUT2D eigenvalue weighted by atomic mass is 35.5. The molecule has 0 saturated carbocycles. The van der Waals surface area contributed by atoms with Gasteiger partial charge in [-0.25, -0.2) is 18.2 Å². The van der Waals surface area contributed by atoms with E-state index in [1.165, 1.54) is 12.1 Å². The summed E-state index contributed by atoms with van der Waals surface area (Å²) in [5.41, 5.74) is -0.0804. The number of nitrogens with zero attached hydrogens (tertiary/aromatic N) is 2. The van der Waals surface area contributed by atoms with Crippen LogP contribution in [-0.4, -0.2) is 27.8 Å². The summed E-state index contributed by atoms with van der Waals surface area (Å²) in [6.07, 6.45) is -3.73. The first-order valence-corrected chi connectivity index (χ1v) is 6.26. The van der Waals surface area contributed by atoms with Gasteiger partial charge < -0.3 is 4.57 Å². The maximum atomic E-state index is 13.6. The van der Waals surface area contributed by atoms with Gasteiger partial charge in [0.1, 0.15) is 11.3 Å². The largest absolute Gasteiger partial charge is 0.324 e. The molecule has 2 aromatic rings. The number of halogens is 6. The van der Waals surface area contributed by atoms with E-state index in [2.05, 4.69) is 4.98 Å². The highest BCUT2D eigenvalue weighted by molar-refractivity contribution is 6.17. The molecule has 2 rings (SSSR count). The van der Waals surface area contributed by atoms with Gasteiger partial charge in [-0.1, -0.05) is 6.07 Å². The number of aryl methyl sites for hydroxylation is 1. The van der Waals surface area contributed by atoms with Crippen LogP contribution in [0.15, 0.2) is 18.2 Å². The molecule has 0 aliphatic carbocycles. The summed E-state index contributed by atoms with van der Waals surface area (Å²) >= 11 is 5.53. The number of benzene rings is 1. The molecule has 0 fully saturated rings. The minimum atomic E-state index is -4.22. The van der Waals surface area contributed by atoms with E-state index in [0.717, 1.165) is 10.6 Å². The van der Waals surface area contributed by atoms with Crippen LogP contribution >= 0.6 is 11.6 Å². The second kappa shape index (κ2) is 5.55. The third-order valence-corrected chi connectivity index (χ3v) is 3.00. The van der Waals surface area contributed by atoms with Crippen LogP contribution in [0.2, 0.25) is 0 Å². The molecule has 0 amide bonds. The number of rotatable bonds is 5. The van der Waals surface area contributed by atoms with Crippen LogP contribution in [0.25, 0.3) is 11.0 Å². The summed E-state index contributed by atoms with van der Waals surface area (Å²) in [7, 11) is 0. The molecule has 0 bridgehead atoms. The van der Waals surface area contributed by atoms with Crippen molar-refractivity contribution in [3.8, 4) is 0 Å². The highest BCUT2D eigenvalue weighted by Gasteiger charge is 2.42. The lowest BCUT2D eigenvalue weighted by Gasteiger charge is -2.18. The van der Waals surface area contributed by atoms with Gasteiger partial charge in [0.15, 0.2) is 5.82 Å². The molecule has 1 aromatic heterocycles. The molecule has 1 aromatic carbocycles. The van der Waals surface area contributed by atoms with Crippen LogP contribution < -0.4 is 0 Å². The number of hydrogen-bond donors (Lipinski definition) is 0.